The Bertz CT molecular complexity index is 3120. The lowest BCUT2D eigenvalue weighted by Gasteiger charge is -2.14. The van der Waals surface area contributed by atoms with Gasteiger partial charge in [0.05, 0.1) is 17.7 Å². The van der Waals surface area contributed by atoms with Gasteiger partial charge in [0.1, 0.15) is 22.6 Å². The minimum Gasteiger partial charge on any atom is -0.399 e. The van der Waals surface area contributed by atoms with Crippen LogP contribution in [0.5, 0.6) is 0 Å². The van der Waals surface area contributed by atoms with Crippen molar-refractivity contribution in [3.63, 3.8) is 0 Å². The highest BCUT2D eigenvalue weighted by atomic mass is 16.2. The summed E-state index contributed by atoms with van der Waals surface area (Å²) in [6, 6.07) is 34.2. The van der Waals surface area contributed by atoms with Gasteiger partial charge in [-0.2, -0.15) is 0 Å². The molecule has 3 aliphatic rings. The summed E-state index contributed by atoms with van der Waals surface area (Å²) in [6.45, 7) is 0.0612. The molecule has 5 aromatic carbocycles. The van der Waals surface area contributed by atoms with E-state index in [9.17, 15) is 9.59 Å². The number of H-pyrrole nitrogens is 2. The van der Waals surface area contributed by atoms with Crippen molar-refractivity contribution in [1.29, 1.82) is 0 Å². The molecule has 3 aliphatic heterocycles. The number of rotatable bonds is 2. The third-order valence-electron chi connectivity index (χ3n) is 9.95. The number of hydrogen-bond acceptors (Lipinski definition) is 9. The summed E-state index contributed by atoms with van der Waals surface area (Å²) in [5.41, 5.74) is 13.4. The fourth-order valence-corrected chi connectivity index (χ4v) is 7.42. The van der Waals surface area contributed by atoms with Crippen LogP contribution in [0.15, 0.2) is 109 Å². The van der Waals surface area contributed by atoms with Gasteiger partial charge in [0.15, 0.2) is 23.3 Å². The van der Waals surface area contributed by atoms with Crippen molar-refractivity contribution in [2.75, 3.05) is 5.73 Å². The molecule has 0 saturated carbocycles. The zero-order valence-corrected chi connectivity index (χ0v) is 27.6. The second-order valence-corrected chi connectivity index (χ2v) is 13.1. The molecule has 0 spiro atoms. The lowest BCUT2D eigenvalue weighted by atomic mass is 10.1. The summed E-state index contributed by atoms with van der Waals surface area (Å²) in [5.74, 6) is 1.26. The molecule has 0 atom stereocenters. The summed E-state index contributed by atoms with van der Waals surface area (Å²) in [7, 11) is 0. The number of nitrogen functional groups attached to an aromatic ring is 1. The molecule has 3 aromatic heterocycles. The molecule has 0 saturated heterocycles. The number of amides is 2. The SMILES string of the molecule is Nc1ccc2c(c1)C(=O)N(Cc1ccc3c4nc5nc(nc6[nH]c(nc7nc(nc([nH]4)c3c1)-c1ccccc1-7)c1ccccc61)-c1ccccc1-5)C2=O. The molecule has 0 aliphatic carbocycles. The topological polar surface area (TPSA) is 172 Å². The van der Waals surface area contributed by atoms with Gasteiger partial charge in [0.2, 0.25) is 0 Å². The minimum atomic E-state index is -0.384. The number of nitrogens with zero attached hydrogens (tertiary/aromatic N) is 7. The van der Waals surface area contributed by atoms with Gasteiger partial charge in [-0.15, -0.1) is 0 Å². The van der Waals surface area contributed by atoms with Gasteiger partial charge in [-0.05, 0) is 29.8 Å². The van der Waals surface area contributed by atoms with Crippen LogP contribution in [-0.2, 0) is 6.54 Å². The lowest BCUT2D eigenvalue weighted by Crippen LogP contribution is -2.29. The molecule has 2 amide bonds. The fourth-order valence-electron chi connectivity index (χ4n) is 7.42. The molecular weight excluding hydrogens is 665 g/mol. The molecule has 250 valence electrons. The van der Waals surface area contributed by atoms with E-state index in [-0.39, 0.29) is 18.4 Å². The van der Waals surface area contributed by atoms with Crippen LogP contribution in [0.25, 0.3) is 89.7 Å². The van der Waals surface area contributed by atoms with E-state index in [1.165, 1.54) is 4.90 Å². The standard InChI is InChI=1S/C41H24N10O2/c42-21-14-16-29-31(18-21)41(53)51(40(29)52)19-20-13-15-28-30(17-20)39-49-37-27-12-6-5-11-26(27)35(47-37)45-33-23-8-2-1-7-22(23)32(43-33)44-34-24-9-3-4-10-25(24)36(46-34)48-38(28)50-39/h1-18H,19,42H2,(H2,43,44,45,46,47,48,49,50). The Morgan fingerprint density at radius 1 is 0.453 bits per heavy atom. The van der Waals surface area contributed by atoms with Crippen molar-refractivity contribution in [2.45, 2.75) is 6.54 Å². The van der Waals surface area contributed by atoms with Crippen molar-refractivity contribution in [3.8, 4) is 45.6 Å². The summed E-state index contributed by atoms with van der Waals surface area (Å²) in [6.07, 6.45) is 0. The second-order valence-electron chi connectivity index (χ2n) is 13.1. The smallest absolute Gasteiger partial charge is 0.261 e. The van der Waals surface area contributed by atoms with Crippen LogP contribution in [0, 0.1) is 0 Å². The Hall–Kier alpha value is -7.60. The highest BCUT2D eigenvalue weighted by Crippen LogP contribution is 2.37. The zero-order valence-electron chi connectivity index (χ0n) is 27.6. The van der Waals surface area contributed by atoms with Crippen molar-refractivity contribution >= 4 is 61.6 Å². The molecule has 12 nitrogen and oxygen atoms in total. The van der Waals surface area contributed by atoms with Crippen molar-refractivity contribution < 1.29 is 9.59 Å². The average Bonchev–Trinajstić information content (AvgIpc) is 3.95. The fraction of sp³-hybridized carbons (Fsp3) is 0.0244. The van der Waals surface area contributed by atoms with E-state index in [4.69, 9.17) is 35.6 Å². The third-order valence-corrected chi connectivity index (χ3v) is 9.95. The molecule has 4 N–H and O–H groups in total. The van der Waals surface area contributed by atoms with Crippen LogP contribution >= 0.6 is 0 Å². The van der Waals surface area contributed by atoms with Gasteiger partial charge in [0, 0.05) is 49.5 Å². The first-order valence-corrected chi connectivity index (χ1v) is 17.0. The predicted molar refractivity (Wildman–Crippen MR) is 201 cm³/mol. The molecule has 12 heteroatoms. The van der Waals surface area contributed by atoms with Gasteiger partial charge < -0.3 is 15.7 Å². The molecule has 0 fully saturated rings. The zero-order chi connectivity index (χ0) is 35.4. The maximum Gasteiger partial charge on any atom is 0.261 e. The summed E-state index contributed by atoms with van der Waals surface area (Å²) < 4.78 is 0. The number of nitrogens with one attached hydrogen (secondary N) is 2. The number of nitrogens with two attached hydrogens (primary N) is 1. The van der Waals surface area contributed by atoms with Crippen LogP contribution in [0.3, 0.4) is 0 Å². The van der Waals surface area contributed by atoms with Crippen LogP contribution in [0.4, 0.5) is 5.69 Å². The molecular formula is C41H24N10O2. The second kappa shape index (κ2) is 10.7. The van der Waals surface area contributed by atoms with Gasteiger partial charge >= 0.3 is 0 Å². The summed E-state index contributed by atoms with van der Waals surface area (Å²) in [4.78, 5) is 65.0. The number of anilines is 1. The lowest BCUT2D eigenvalue weighted by molar-refractivity contribution is 0.0642. The van der Waals surface area contributed by atoms with E-state index in [2.05, 4.69) is 9.97 Å². The number of carbonyl (C=O) groups excluding carboxylic acids is 2. The first kappa shape index (κ1) is 29.2. The van der Waals surface area contributed by atoms with E-state index in [1.807, 2.05) is 91.0 Å². The molecule has 8 bridgehead atoms. The maximum absolute atomic E-state index is 13.3. The number of carbonyl (C=O) groups is 2. The highest BCUT2D eigenvalue weighted by Gasteiger charge is 2.35. The number of fused-ring (bicyclic) bond motifs is 21. The van der Waals surface area contributed by atoms with Crippen LogP contribution in [0.2, 0.25) is 0 Å². The Balaban J connectivity index is 1.19. The molecule has 0 radical (unpaired) electrons. The number of benzene rings is 5. The summed E-state index contributed by atoms with van der Waals surface area (Å²) in [5, 5.41) is 3.31. The number of hydrogen-bond donors (Lipinski definition) is 3. The van der Waals surface area contributed by atoms with Crippen LogP contribution < -0.4 is 5.73 Å². The largest absolute Gasteiger partial charge is 0.399 e. The number of imide groups is 1. The molecule has 53 heavy (non-hydrogen) atoms. The third kappa shape index (κ3) is 4.35. The number of aromatic nitrogens is 8. The Labute approximate surface area is 299 Å². The Kier molecular flexibility index (Phi) is 5.89. The maximum atomic E-state index is 13.3. The summed E-state index contributed by atoms with van der Waals surface area (Å²) >= 11 is 0. The van der Waals surface area contributed by atoms with Crippen molar-refractivity contribution in [2.24, 2.45) is 0 Å². The van der Waals surface area contributed by atoms with E-state index >= 15 is 0 Å². The quantitative estimate of drug-likeness (QED) is 0.125. The molecule has 6 heterocycles. The van der Waals surface area contributed by atoms with E-state index in [1.54, 1.807) is 18.2 Å². The number of aromatic amines is 2. The van der Waals surface area contributed by atoms with Gasteiger partial charge in [-0.1, -0.05) is 84.9 Å². The van der Waals surface area contributed by atoms with Gasteiger partial charge in [-0.25, -0.2) is 29.9 Å². The van der Waals surface area contributed by atoms with E-state index in [0.717, 1.165) is 49.4 Å². The Morgan fingerprint density at radius 3 is 1.43 bits per heavy atom. The minimum absolute atomic E-state index is 0.0612. The van der Waals surface area contributed by atoms with Crippen molar-refractivity contribution in [3.05, 3.63) is 126 Å². The monoisotopic (exact) mass is 688 g/mol. The highest BCUT2D eigenvalue weighted by molar-refractivity contribution is 6.21. The average molecular weight is 689 g/mol. The molecule has 8 aromatic rings. The molecule has 0 unspecified atom stereocenters. The van der Waals surface area contributed by atoms with E-state index in [0.29, 0.717) is 62.7 Å². The van der Waals surface area contributed by atoms with E-state index < -0.39 is 0 Å². The first-order valence-electron chi connectivity index (χ1n) is 17.0. The van der Waals surface area contributed by atoms with Gasteiger partial charge in [0.25, 0.3) is 11.8 Å². The normalized spacial score (nSPS) is 13.1. The van der Waals surface area contributed by atoms with Crippen molar-refractivity contribution in [1.82, 2.24) is 44.8 Å². The first-order chi connectivity index (χ1) is 26.0. The predicted octanol–water partition coefficient (Wildman–Crippen LogP) is 7.25. The van der Waals surface area contributed by atoms with Crippen LogP contribution in [-0.4, -0.2) is 56.6 Å². The Morgan fingerprint density at radius 2 is 0.906 bits per heavy atom. The van der Waals surface area contributed by atoms with Crippen LogP contribution in [0.1, 0.15) is 26.3 Å². The molecule has 11 rings (SSSR count). The van der Waals surface area contributed by atoms with Gasteiger partial charge in [-0.3, -0.25) is 14.5 Å².